The van der Waals surface area contributed by atoms with Gasteiger partial charge in [-0.25, -0.2) is 0 Å². The van der Waals surface area contributed by atoms with Crippen LogP contribution in [0, 0.1) is 5.92 Å². The molecule has 0 saturated carbocycles. The van der Waals surface area contributed by atoms with Crippen molar-refractivity contribution in [3.8, 4) is 0 Å². The lowest BCUT2D eigenvalue weighted by Crippen LogP contribution is -2.45. The van der Waals surface area contributed by atoms with Gasteiger partial charge in [0.05, 0.1) is 6.61 Å². The van der Waals surface area contributed by atoms with Gasteiger partial charge in [0.1, 0.15) is 0 Å². The molecule has 1 fully saturated rings. The van der Waals surface area contributed by atoms with Gasteiger partial charge in [0.15, 0.2) is 0 Å². The fourth-order valence-electron chi connectivity index (χ4n) is 2.66. The highest BCUT2D eigenvalue weighted by molar-refractivity contribution is 4.79. The van der Waals surface area contributed by atoms with E-state index >= 15 is 0 Å². The standard InChI is InChI=1S/C15H32N2O/c1-4-6-11-18-12-9-16-14(3)15-8-7-10-17(5-2)13-15/h14-16H,4-13H2,1-3H3. The molecule has 1 saturated heterocycles. The van der Waals surface area contributed by atoms with Crippen LogP contribution in [0.2, 0.25) is 0 Å². The Morgan fingerprint density at radius 3 is 2.89 bits per heavy atom. The zero-order chi connectivity index (χ0) is 13.2. The van der Waals surface area contributed by atoms with Gasteiger partial charge >= 0.3 is 0 Å². The minimum Gasteiger partial charge on any atom is -0.380 e. The van der Waals surface area contributed by atoms with E-state index in [2.05, 4.69) is 31.0 Å². The molecule has 0 bridgehead atoms. The predicted octanol–water partition coefficient (Wildman–Crippen LogP) is 2.51. The van der Waals surface area contributed by atoms with Gasteiger partial charge in [0.25, 0.3) is 0 Å². The fourth-order valence-corrected chi connectivity index (χ4v) is 2.66. The van der Waals surface area contributed by atoms with Gasteiger partial charge in [0, 0.05) is 25.7 Å². The minimum atomic E-state index is 0.620. The van der Waals surface area contributed by atoms with Crippen molar-refractivity contribution in [2.45, 2.75) is 52.5 Å². The molecule has 2 unspecified atom stereocenters. The molecule has 0 aliphatic carbocycles. The summed E-state index contributed by atoms with van der Waals surface area (Å²) in [6.07, 6.45) is 5.14. The predicted molar refractivity (Wildman–Crippen MR) is 78.0 cm³/mol. The molecule has 1 heterocycles. The monoisotopic (exact) mass is 256 g/mol. The first-order valence-electron chi connectivity index (χ1n) is 7.81. The van der Waals surface area contributed by atoms with Crippen molar-refractivity contribution >= 4 is 0 Å². The second kappa shape index (κ2) is 9.76. The van der Waals surface area contributed by atoms with Crippen molar-refractivity contribution in [2.24, 2.45) is 5.92 Å². The van der Waals surface area contributed by atoms with E-state index in [0.29, 0.717) is 6.04 Å². The van der Waals surface area contributed by atoms with Gasteiger partial charge in [-0.05, 0) is 45.2 Å². The Morgan fingerprint density at radius 2 is 2.17 bits per heavy atom. The van der Waals surface area contributed by atoms with Gasteiger partial charge in [-0.2, -0.15) is 0 Å². The number of nitrogens with zero attached hydrogens (tertiary/aromatic N) is 1. The van der Waals surface area contributed by atoms with E-state index in [1.807, 2.05) is 0 Å². The lowest BCUT2D eigenvalue weighted by Gasteiger charge is -2.35. The lowest BCUT2D eigenvalue weighted by molar-refractivity contribution is 0.120. The zero-order valence-electron chi connectivity index (χ0n) is 12.6. The highest BCUT2D eigenvalue weighted by Crippen LogP contribution is 2.19. The zero-order valence-corrected chi connectivity index (χ0v) is 12.6. The molecular formula is C15H32N2O. The first-order valence-corrected chi connectivity index (χ1v) is 7.81. The maximum absolute atomic E-state index is 5.58. The Morgan fingerprint density at radius 1 is 1.33 bits per heavy atom. The molecule has 1 aliphatic heterocycles. The van der Waals surface area contributed by atoms with Crippen molar-refractivity contribution in [1.29, 1.82) is 0 Å². The topological polar surface area (TPSA) is 24.5 Å². The van der Waals surface area contributed by atoms with Gasteiger partial charge < -0.3 is 15.0 Å². The van der Waals surface area contributed by atoms with Crippen LogP contribution in [-0.4, -0.2) is 50.3 Å². The number of piperidine rings is 1. The number of unbranched alkanes of at least 4 members (excludes halogenated alkanes) is 1. The normalized spacial score (nSPS) is 23.2. The van der Waals surface area contributed by atoms with Crippen molar-refractivity contribution in [2.75, 3.05) is 39.4 Å². The van der Waals surface area contributed by atoms with Crippen LogP contribution in [0.3, 0.4) is 0 Å². The third-order valence-electron chi connectivity index (χ3n) is 4.05. The van der Waals surface area contributed by atoms with Crippen molar-refractivity contribution < 1.29 is 4.74 Å². The Bertz CT molecular complexity index is 199. The number of ether oxygens (including phenoxy) is 1. The summed E-state index contributed by atoms with van der Waals surface area (Å²) in [5.74, 6) is 0.814. The van der Waals surface area contributed by atoms with Crippen LogP contribution < -0.4 is 5.32 Å². The summed E-state index contributed by atoms with van der Waals surface area (Å²) in [7, 11) is 0. The van der Waals surface area contributed by atoms with E-state index in [9.17, 15) is 0 Å². The Hall–Kier alpha value is -0.120. The molecule has 0 spiro atoms. The molecule has 1 rings (SSSR count). The van der Waals surface area contributed by atoms with E-state index in [0.717, 1.165) is 25.7 Å². The molecule has 3 nitrogen and oxygen atoms in total. The molecule has 3 heteroatoms. The van der Waals surface area contributed by atoms with E-state index in [1.165, 1.54) is 45.3 Å². The molecular weight excluding hydrogens is 224 g/mol. The average Bonchev–Trinajstić information content (AvgIpc) is 2.42. The second-order valence-electron chi connectivity index (χ2n) is 5.50. The Balaban J connectivity index is 2.06. The smallest absolute Gasteiger partial charge is 0.0591 e. The third-order valence-corrected chi connectivity index (χ3v) is 4.05. The summed E-state index contributed by atoms with van der Waals surface area (Å²) >= 11 is 0. The van der Waals surface area contributed by atoms with Crippen LogP contribution in [0.1, 0.15) is 46.5 Å². The second-order valence-corrected chi connectivity index (χ2v) is 5.50. The maximum Gasteiger partial charge on any atom is 0.0591 e. The van der Waals surface area contributed by atoms with Gasteiger partial charge in [-0.3, -0.25) is 0 Å². The number of rotatable bonds is 9. The molecule has 1 aliphatic rings. The van der Waals surface area contributed by atoms with Gasteiger partial charge in [-0.1, -0.05) is 20.3 Å². The molecule has 0 radical (unpaired) electrons. The molecule has 1 N–H and O–H groups in total. The van der Waals surface area contributed by atoms with E-state index in [-0.39, 0.29) is 0 Å². The highest BCUT2D eigenvalue weighted by Gasteiger charge is 2.23. The minimum absolute atomic E-state index is 0.620. The van der Waals surface area contributed by atoms with Gasteiger partial charge in [-0.15, -0.1) is 0 Å². The number of hydrogen-bond acceptors (Lipinski definition) is 3. The molecule has 18 heavy (non-hydrogen) atoms. The largest absolute Gasteiger partial charge is 0.380 e. The summed E-state index contributed by atoms with van der Waals surface area (Å²) in [5, 5.41) is 3.62. The number of nitrogens with one attached hydrogen (secondary N) is 1. The summed E-state index contributed by atoms with van der Waals surface area (Å²) in [5.41, 5.74) is 0. The number of hydrogen-bond donors (Lipinski definition) is 1. The summed E-state index contributed by atoms with van der Waals surface area (Å²) in [6.45, 7) is 13.3. The Kier molecular flexibility index (Phi) is 8.64. The van der Waals surface area contributed by atoms with Crippen molar-refractivity contribution in [3.63, 3.8) is 0 Å². The summed E-state index contributed by atoms with van der Waals surface area (Å²) in [4.78, 5) is 2.57. The maximum atomic E-state index is 5.58. The van der Waals surface area contributed by atoms with Crippen LogP contribution in [0.4, 0.5) is 0 Å². The number of likely N-dealkylation sites (tertiary alicyclic amines) is 1. The molecule has 0 aromatic carbocycles. The van der Waals surface area contributed by atoms with E-state index in [4.69, 9.17) is 4.74 Å². The molecule has 0 amide bonds. The van der Waals surface area contributed by atoms with E-state index < -0.39 is 0 Å². The summed E-state index contributed by atoms with van der Waals surface area (Å²) in [6, 6.07) is 0.620. The lowest BCUT2D eigenvalue weighted by atomic mass is 9.91. The highest BCUT2D eigenvalue weighted by atomic mass is 16.5. The van der Waals surface area contributed by atoms with Crippen molar-refractivity contribution in [3.05, 3.63) is 0 Å². The van der Waals surface area contributed by atoms with Crippen molar-refractivity contribution in [1.82, 2.24) is 10.2 Å². The van der Waals surface area contributed by atoms with Gasteiger partial charge in [0.2, 0.25) is 0 Å². The first kappa shape index (κ1) is 15.9. The van der Waals surface area contributed by atoms with Crippen LogP contribution in [-0.2, 0) is 4.74 Å². The molecule has 2 atom stereocenters. The SMILES string of the molecule is CCCCOCCNC(C)C1CCCN(CC)C1. The first-order chi connectivity index (χ1) is 8.77. The molecule has 0 aromatic rings. The third kappa shape index (κ3) is 6.17. The van der Waals surface area contributed by atoms with E-state index in [1.54, 1.807) is 0 Å². The summed E-state index contributed by atoms with van der Waals surface area (Å²) < 4.78 is 5.58. The van der Waals surface area contributed by atoms with Crippen LogP contribution >= 0.6 is 0 Å². The molecule has 0 aromatic heterocycles. The van der Waals surface area contributed by atoms with Crippen LogP contribution in [0.5, 0.6) is 0 Å². The average molecular weight is 256 g/mol. The fraction of sp³-hybridized carbons (Fsp3) is 1.00. The quantitative estimate of drug-likeness (QED) is 0.642. The molecule has 108 valence electrons. The van der Waals surface area contributed by atoms with Crippen LogP contribution in [0.15, 0.2) is 0 Å². The Labute approximate surface area is 113 Å². The van der Waals surface area contributed by atoms with Crippen LogP contribution in [0.25, 0.3) is 0 Å².